The molecule has 0 fully saturated rings. The van der Waals surface area contributed by atoms with Crippen LogP contribution in [0.5, 0.6) is 0 Å². The molecule has 25 heavy (non-hydrogen) atoms. The Morgan fingerprint density at radius 1 is 1.16 bits per heavy atom. The summed E-state index contributed by atoms with van der Waals surface area (Å²) in [5.41, 5.74) is -0.998. The lowest BCUT2D eigenvalue weighted by Crippen LogP contribution is -2.52. The minimum absolute atomic E-state index is 0.244. The lowest BCUT2D eigenvalue weighted by Gasteiger charge is -2.29. The molecule has 2 amide bonds. The van der Waals surface area contributed by atoms with Gasteiger partial charge in [0.25, 0.3) is 0 Å². The van der Waals surface area contributed by atoms with E-state index in [-0.39, 0.29) is 30.7 Å². The van der Waals surface area contributed by atoms with Crippen molar-refractivity contribution in [2.24, 2.45) is 11.3 Å². The van der Waals surface area contributed by atoms with Gasteiger partial charge in [0.2, 0.25) is 11.8 Å². The molecular weight excluding hydrogens is 328 g/mol. The Kier molecular flexibility index (Phi) is 10.3. The van der Waals surface area contributed by atoms with Crippen LogP contribution in [0.3, 0.4) is 0 Å². The van der Waals surface area contributed by atoms with E-state index in [4.69, 9.17) is 5.26 Å². The van der Waals surface area contributed by atoms with Gasteiger partial charge < -0.3 is 20.6 Å². The second-order valence-electron chi connectivity index (χ2n) is 7.35. The van der Waals surface area contributed by atoms with Crippen molar-refractivity contribution < 1.29 is 29.6 Å². The van der Waals surface area contributed by atoms with Crippen molar-refractivity contribution in [3.8, 4) is 0 Å². The molecule has 0 aromatic carbocycles. The maximum atomic E-state index is 12.4. The topological polar surface area (TPSA) is 125 Å². The maximum Gasteiger partial charge on any atom is 0.347 e. The maximum absolute atomic E-state index is 12.4. The molecule has 0 aromatic heterocycles. The molecule has 0 bridgehead atoms. The van der Waals surface area contributed by atoms with E-state index in [9.17, 15) is 19.5 Å². The summed E-state index contributed by atoms with van der Waals surface area (Å²) in [7, 11) is 0. The first kappa shape index (κ1) is 23.3. The van der Waals surface area contributed by atoms with Gasteiger partial charge in [-0.3, -0.25) is 9.59 Å². The van der Waals surface area contributed by atoms with Gasteiger partial charge in [-0.25, -0.2) is 4.79 Å². The number of carbonyl (C=O) groups excluding carboxylic acids is 3. The van der Waals surface area contributed by atoms with Crippen molar-refractivity contribution in [3.63, 3.8) is 0 Å². The quantitative estimate of drug-likeness (QED) is 0.324. The van der Waals surface area contributed by atoms with Crippen LogP contribution in [0.25, 0.3) is 0 Å². The highest BCUT2D eigenvalue weighted by molar-refractivity contribution is 5.88. The van der Waals surface area contributed by atoms with Crippen LogP contribution in [-0.2, 0) is 19.3 Å². The van der Waals surface area contributed by atoms with Crippen LogP contribution >= 0.6 is 0 Å². The van der Waals surface area contributed by atoms with Crippen molar-refractivity contribution >= 4 is 17.8 Å². The summed E-state index contributed by atoms with van der Waals surface area (Å²) >= 11 is 0. The number of aliphatic hydroxyl groups is 1. The third-order valence-corrected chi connectivity index (χ3v) is 3.81. The van der Waals surface area contributed by atoms with Crippen molar-refractivity contribution in [3.05, 3.63) is 0 Å². The molecule has 0 heterocycles. The average molecular weight is 360 g/mol. The van der Waals surface area contributed by atoms with E-state index in [0.29, 0.717) is 12.8 Å². The number of aliphatic hydroxyl groups excluding tert-OH is 1. The fraction of sp³-hybridized carbons (Fsp3) is 0.824. The second-order valence-corrected chi connectivity index (χ2v) is 7.35. The molecule has 0 unspecified atom stereocenters. The minimum atomic E-state index is -1.04. The molecule has 0 saturated carbocycles. The number of nitrogens with one attached hydrogen (secondary N) is 2. The molecule has 0 radical (unpaired) electrons. The number of hydrogen-bond acceptors (Lipinski definition) is 6. The van der Waals surface area contributed by atoms with Crippen LogP contribution < -0.4 is 10.6 Å². The van der Waals surface area contributed by atoms with Gasteiger partial charge in [-0.15, -0.1) is 0 Å². The fourth-order valence-electron chi connectivity index (χ4n) is 2.57. The summed E-state index contributed by atoms with van der Waals surface area (Å²) in [5, 5.41) is 23.3. The summed E-state index contributed by atoms with van der Waals surface area (Å²) in [6.45, 7) is 8.49. The van der Waals surface area contributed by atoms with Gasteiger partial charge in [-0.1, -0.05) is 20.8 Å². The average Bonchev–Trinajstić information content (AvgIpc) is 2.50. The van der Waals surface area contributed by atoms with Crippen molar-refractivity contribution in [2.75, 3.05) is 6.61 Å². The molecule has 0 spiro atoms. The Bertz CT molecular complexity index is 450. The zero-order chi connectivity index (χ0) is 19.6. The number of amides is 2. The van der Waals surface area contributed by atoms with Crippen LogP contribution in [-0.4, -0.2) is 46.8 Å². The Morgan fingerprint density at radius 2 is 1.76 bits per heavy atom. The standard InChI is InChI=1S/C17H32N2O6/c1-6-7-14(21)19-13(10-20)15(22)18-12(8-11(2)3)9-17(4,5)16(23)25-24/h11-13,20,24H,6-10H2,1-5H3,(H,18,22)(H,19,21)/t12-,13-/m0/s1. The molecule has 0 saturated heterocycles. The molecular formula is C17H32N2O6. The third kappa shape index (κ3) is 8.83. The first-order valence-electron chi connectivity index (χ1n) is 8.63. The van der Waals surface area contributed by atoms with Crippen LogP contribution in [0.1, 0.15) is 60.3 Å². The van der Waals surface area contributed by atoms with E-state index in [2.05, 4.69) is 15.5 Å². The molecule has 2 atom stereocenters. The van der Waals surface area contributed by atoms with E-state index in [1.54, 1.807) is 13.8 Å². The predicted octanol–water partition coefficient (Wildman–Crippen LogP) is 1.23. The monoisotopic (exact) mass is 360 g/mol. The zero-order valence-electron chi connectivity index (χ0n) is 15.8. The number of hydrogen-bond donors (Lipinski definition) is 4. The molecule has 0 aromatic rings. The van der Waals surface area contributed by atoms with Crippen molar-refractivity contribution in [1.29, 1.82) is 0 Å². The normalized spacial score (nSPS) is 13.9. The van der Waals surface area contributed by atoms with Gasteiger partial charge in [0, 0.05) is 12.5 Å². The van der Waals surface area contributed by atoms with Crippen LogP contribution in [0.15, 0.2) is 0 Å². The highest BCUT2D eigenvalue weighted by atomic mass is 17.1. The zero-order valence-corrected chi connectivity index (χ0v) is 15.8. The van der Waals surface area contributed by atoms with Crippen LogP contribution in [0, 0.1) is 11.3 Å². The fourth-order valence-corrected chi connectivity index (χ4v) is 2.57. The molecule has 8 heteroatoms. The summed E-state index contributed by atoms with van der Waals surface area (Å²) in [4.78, 5) is 39.5. The highest BCUT2D eigenvalue weighted by Gasteiger charge is 2.34. The lowest BCUT2D eigenvalue weighted by atomic mass is 9.83. The highest BCUT2D eigenvalue weighted by Crippen LogP contribution is 2.26. The van der Waals surface area contributed by atoms with E-state index in [0.717, 1.165) is 0 Å². The Hall–Kier alpha value is -1.67. The van der Waals surface area contributed by atoms with Gasteiger partial charge in [0.1, 0.15) is 6.04 Å². The van der Waals surface area contributed by atoms with Gasteiger partial charge in [-0.05, 0) is 39.0 Å². The number of rotatable bonds is 11. The first-order valence-corrected chi connectivity index (χ1v) is 8.63. The Balaban J connectivity index is 5.01. The molecule has 0 rings (SSSR count). The first-order chi connectivity index (χ1) is 11.6. The van der Waals surface area contributed by atoms with E-state index in [1.807, 2.05) is 20.8 Å². The van der Waals surface area contributed by atoms with Gasteiger partial charge >= 0.3 is 5.97 Å². The van der Waals surface area contributed by atoms with Crippen molar-refractivity contribution in [2.45, 2.75) is 72.4 Å². The number of carbonyl (C=O) groups is 3. The summed E-state index contributed by atoms with van der Waals surface area (Å²) in [6, 6.07) is -1.42. The van der Waals surface area contributed by atoms with E-state index >= 15 is 0 Å². The van der Waals surface area contributed by atoms with Crippen LogP contribution in [0.4, 0.5) is 0 Å². The van der Waals surface area contributed by atoms with Crippen LogP contribution in [0.2, 0.25) is 0 Å². The Labute approximate surface area is 149 Å². The molecule has 0 aliphatic carbocycles. The molecule has 0 aliphatic heterocycles. The Morgan fingerprint density at radius 3 is 2.20 bits per heavy atom. The largest absolute Gasteiger partial charge is 0.394 e. The molecule has 0 aliphatic rings. The minimum Gasteiger partial charge on any atom is -0.394 e. The van der Waals surface area contributed by atoms with Gasteiger partial charge in [-0.2, -0.15) is 5.26 Å². The second kappa shape index (κ2) is 11.0. The lowest BCUT2D eigenvalue weighted by molar-refractivity contribution is -0.244. The van der Waals surface area contributed by atoms with E-state index < -0.39 is 29.9 Å². The third-order valence-electron chi connectivity index (χ3n) is 3.81. The molecule has 4 N–H and O–H groups in total. The predicted molar refractivity (Wildman–Crippen MR) is 92.4 cm³/mol. The summed E-state index contributed by atoms with van der Waals surface area (Å²) < 4.78 is 0. The SMILES string of the molecule is CCCC(=O)N[C@@H](CO)C(=O)N[C@@H](CC(C)C)CC(C)(C)C(=O)OO. The van der Waals surface area contributed by atoms with Gasteiger partial charge in [0.05, 0.1) is 12.0 Å². The summed E-state index contributed by atoms with van der Waals surface area (Å²) in [6.07, 6.45) is 1.75. The van der Waals surface area contributed by atoms with Gasteiger partial charge in [0.15, 0.2) is 0 Å². The van der Waals surface area contributed by atoms with E-state index in [1.165, 1.54) is 0 Å². The summed E-state index contributed by atoms with van der Waals surface area (Å²) in [5.74, 6) is -1.36. The smallest absolute Gasteiger partial charge is 0.347 e. The molecule has 146 valence electrons. The van der Waals surface area contributed by atoms with Crippen molar-refractivity contribution in [1.82, 2.24) is 10.6 Å². The molecule has 8 nitrogen and oxygen atoms in total.